The summed E-state index contributed by atoms with van der Waals surface area (Å²) in [5.74, 6) is -4.26. The first-order chi connectivity index (χ1) is 9.44. The van der Waals surface area contributed by atoms with Crippen LogP contribution in [0.5, 0.6) is 5.75 Å². The number of rotatable bonds is 3. The zero-order valence-corrected chi connectivity index (χ0v) is 11.2. The molecule has 0 spiro atoms. The van der Waals surface area contributed by atoms with Gasteiger partial charge in [0.2, 0.25) is 0 Å². The van der Waals surface area contributed by atoms with Gasteiger partial charge in [-0.3, -0.25) is 4.79 Å². The van der Waals surface area contributed by atoms with Crippen LogP contribution in [0.3, 0.4) is 0 Å². The van der Waals surface area contributed by atoms with Crippen LogP contribution in [0.1, 0.15) is 25.3 Å². The summed E-state index contributed by atoms with van der Waals surface area (Å²) in [5.41, 5.74) is 0.623. The molecule has 1 amide bonds. The molecule has 4 nitrogen and oxygen atoms in total. The predicted octanol–water partition coefficient (Wildman–Crippen LogP) is 2.72. The molecule has 1 fully saturated rings. The molecule has 20 heavy (non-hydrogen) atoms. The topological polar surface area (TPSA) is 53.3 Å². The minimum atomic E-state index is -3.33. The van der Waals surface area contributed by atoms with Crippen LogP contribution >= 0.6 is 0 Å². The number of methoxy groups -OCH3 is 1. The first-order valence-corrected chi connectivity index (χ1v) is 6.24. The molecule has 0 aliphatic carbocycles. The van der Waals surface area contributed by atoms with E-state index in [0.717, 1.165) is 4.90 Å². The second-order valence-corrected chi connectivity index (χ2v) is 4.64. The third-order valence-electron chi connectivity index (χ3n) is 3.44. The van der Waals surface area contributed by atoms with Crippen LogP contribution in [0.2, 0.25) is 0 Å². The SMILES string of the molecule is CC[C@H]1CC(F)(F)C(=O)N1c1ccc(C#N)c(OC)c1. The van der Waals surface area contributed by atoms with Gasteiger partial charge in [0.05, 0.1) is 12.7 Å². The lowest BCUT2D eigenvalue weighted by Gasteiger charge is -2.23. The van der Waals surface area contributed by atoms with E-state index in [1.807, 2.05) is 6.07 Å². The zero-order chi connectivity index (χ0) is 14.9. The highest BCUT2D eigenvalue weighted by atomic mass is 19.3. The van der Waals surface area contributed by atoms with Gasteiger partial charge in [-0.2, -0.15) is 14.0 Å². The van der Waals surface area contributed by atoms with Crippen LogP contribution in [-0.2, 0) is 4.79 Å². The first kappa shape index (κ1) is 14.3. The molecular weight excluding hydrogens is 266 g/mol. The summed E-state index contributed by atoms with van der Waals surface area (Å²) in [6.45, 7) is 1.76. The highest BCUT2D eigenvalue weighted by molar-refractivity contribution is 6.01. The molecule has 6 heteroatoms. The molecule has 2 rings (SSSR count). The molecule has 1 heterocycles. The number of anilines is 1. The molecule has 0 radical (unpaired) electrons. The molecular formula is C14H14F2N2O2. The number of hydrogen-bond acceptors (Lipinski definition) is 3. The Kier molecular flexibility index (Phi) is 3.62. The van der Waals surface area contributed by atoms with Crippen molar-refractivity contribution in [1.29, 1.82) is 5.26 Å². The van der Waals surface area contributed by atoms with E-state index in [1.165, 1.54) is 25.3 Å². The van der Waals surface area contributed by atoms with Gasteiger partial charge in [0.25, 0.3) is 5.91 Å². The lowest BCUT2D eigenvalue weighted by Crippen LogP contribution is -2.36. The fourth-order valence-electron chi connectivity index (χ4n) is 2.39. The Hall–Kier alpha value is -2.16. The van der Waals surface area contributed by atoms with Crippen molar-refractivity contribution in [3.63, 3.8) is 0 Å². The minimum absolute atomic E-state index is 0.267. The molecule has 1 aromatic carbocycles. The number of benzene rings is 1. The zero-order valence-electron chi connectivity index (χ0n) is 11.2. The maximum Gasteiger partial charge on any atom is 0.327 e. The number of carbonyl (C=O) groups excluding carboxylic acids is 1. The smallest absolute Gasteiger partial charge is 0.327 e. The van der Waals surface area contributed by atoms with Crippen molar-refractivity contribution in [2.24, 2.45) is 0 Å². The summed E-state index contributed by atoms with van der Waals surface area (Å²) in [5, 5.41) is 8.91. The second-order valence-electron chi connectivity index (χ2n) is 4.64. The third kappa shape index (κ3) is 2.20. The molecule has 1 atom stereocenters. The number of nitriles is 1. The van der Waals surface area contributed by atoms with E-state index >= 15 is 0 Å². The molecule has 0 bridgehead atoms. The number of halogens is 2. The van der Waals surface area contributed by atoms with Crippen LogP contribution in [-0.4, -0.2) is 25.0 Å². The Morgan fingerprint density at radius 3 is 2.80 bits per heavy atom. The largest absolute Gasteiger partial charge is 0.495 e. The Morgan fingerprint density at radius 1 is 1.55 bits per heavy atom. The van der Waals surface area contributed by atoms with Crippen molar-refractivity contribution in [2.75, 3.05) is 12.0 Å². The monoisotopic (exact) mass is 280 g/mol. The van der Waals surface area contributed by atoms with Crippen molar-refractivity contribution in [3.05, 3.63) is 23.8 Å². The van der Waals surface area contributed by atoms with Gasteiger partial charge in [-0.15, -0.1) is 0 Å². The van der Waals surface area contributed by atoms with Gasteiger partial charge in [0.15, 0.2) is 0 Å². The van der Waals surface area contributed by atoms with Crippen LogP contribution in [0, 0.1) is 11.3 Å². The molecule has 1 aromatic rings. The van der Waals surface area contributed by atoms with Crippen LogP contribution < -0.4 is 9.64 Å². The number of amides is 1. The Labute approximate surface area is 115 Å². The van der Waals surface area contributed by atoms with Gasteiger partial charge in [-0.05, 0) is 18.6 Å². The highest BCUT2D eigenvalue weighted by Crippen LogP contribution is 2.39. The Morgan fingerprint density at radius 2 is 2.25 bits per heavy atom. The van der Waals surface area contributed by atoms with Gasteiger partial charge in [0, 0.05) is 24.2 Å². The van der Waals surface area contributed by atoms with Crippen molar-refractivity contribution in [1.82, 2.24) is 0 Å². The van der Waals surface area contributed by atoms with E-state index in [-0.39, 0.29) is 5.75 Å². The molecule has 0 aromatic heterocycles. The average Bonchev–Trinajstić information content (AvgIpc) is 2.68. The standard InChI is InChI=1S/C14H14F2N2O2/c1-3-10-7-14(15,16)13(19)18(10)11-5-4-9(8-17)12(6-11)20-2/h4-6,10H,3,7H2,1-2H3/t10-/m0/s1. The molecule has 0 N–H and O–H groups in total. The summed E-state index contributed by atoms with van der Waals surface area (Å²) in [6.07, 6.45) is -0.0473. The Balaban J connectivity index is 2.45. The fraction of sp³-hybridized carbons (Fsp3) is 0.429. The molecule has 1 aliphatic rings. The van der Waals surface area contributed by atoms with Crippen LogP contribution in [0.25, 0.3) is 0 Å². The molecule has 0 unspecified atom stereocenters. The van der Waals surface area contributed by atoms with Gasteiger partial charge in [-0.25, -0.2) is 0 Å². The summed E-state index contributed by atoms with van der Waals surface area (Å²) in [6, 6.07) is 5.79. The number of ether oxygens (including phenoxy) is 1. The molecule has 1 saturated heterocycles. The van der Waals surface area contributed by atoms with Gasteiger partial charge < -0.3 is 9.64 Å². The average molecular weight is 280 g/mol. The lowest BCUT2D eigenvalue weighted by atomic mass is 10.1. The van der Waals surface area contributed by atoms with Crippen molar-refractivity contribution < 1.29 is 18.3 Å². The minimum Gasteiger partial charge on any atom is -0.495 e. The molecule has 1 aliphatic heterocycles. The van der Waals surface area contributed by atoms with E-state index in [0.29, 0.717) is 17.7 Å². The number of alkyl halides is 2. The maximum absolute atomic E-state index is 13.6. The summed E-state index contributed by atoms with van der Waals surface area (Å²) in [7, 11) is 1.39. The molecule has 106 valence electrons. The normalized spacial score (nSPS) is 20.9. The maximum atomic E-state index is 13.6. The number of hydrogen-bond donors (Lipinski definition) is 0. The number of nitrogens with zero attached hydrogens (tertiary/aromatic N) is 2. The summed E-state index contributed by atoms with van der Waals surface area (Å²) >= 11 is 0. The number of carbonyl (C=O) groups is 1. The third-order valence-corrected chi connectivity index (χ3v) is 3.44. The van der Waals surface area contributed by atoms with E-state index < -0.39 is 24.3 Å². The lowest BCUT2D eigenvalue weighted by molar-refractivity contribution is -0.137. The van der Waals surface area contributed by atoms with Crippen molar-refractivity contribution in [2.45, 2.75) is 31.7 Å². The van der Waals surface area contributed by atoms with E-state index in [1.54, 1.807) is 6.92 Å². The summed E-state index contributed by atoms with van der Waals surface area (Å²) < 4.78 is 32.2. The van der Waals surface area contributed by atoms with Crippen LogP contribution in [0.4, 0.5) is 14.5 Å². The van der Waals surface area contributed by atoms with E-state index in [4.69, 9.17) is 10.00 Å². The van der Waals surface area contributed by atoms with Crippen molar-refractivity contribution >= 4 is 11.6 Å². The van der Waals surface area contributed by atoms with Gasteiger partial charge in [0.1, 0.15) is 11.8 Å². The fourth-order valence-corrected chi connectivity index (χ4v) is 2.39. The molecule has 0 saturated carbocycles. The van der Waals surface area contributed by atoms with Gasteiger partial charge in [-0.1, -0.05) is 6.92 Å². The van der Waals surface area contributed by atoms with Gasteiger partial charge >= 0.3 is 5.92 Å². The predicted molar refractivity (Wildman–Crippen MR) is 68.8 cm³/mol. The second kappa shape index (κ2) is 5.08. The first-order valence-electron chi connectivity index (χ1n) is 6.24. The quantitative estimate of drug-likeness (QED) is 0.855. The van der Waals surface area contributed by atoms with E-state index in [2.05, 4.69) is 0 Å². The summed E-state index contributed by atoms with van der Waals surface area (Å²) in [4.78, 5) is 12.9. The van der Waals surface area contributed by atoms with Crippen LogP contribution in [0.15, 0.2) is 18.2 Å². The van der Waals surface area contributed by atoms with E-state index in [9.17, 15) is 13.6 Å². The Bertz CT molecular complexity index is 581. The highest BCUT2D eigenvalue weighted by Gasteiger charge is 2.53. The van der Waals surface area contributed by atoms with Crippen molar-refractivity contribution in [3.8, 4) is 11.8 Å².